The summed E-state index contributed by atoms with van der Waals surface area (Å²) >= 11 is 3.50. The molecule has 0 heterocycles. The van der Waals surface area contributed by atoms with Gasteiger partial charge in [-0.2, -0.15) is 23.5 Å². The first-order valence-electron chi connectivity index (χ1n) is 17.4. The van der Waals surface area contributed by atoms with Crippen LogP contribution in [0.15, 0.2) is 60.7 Å². The Labute approximate surface area is 303 Å². The van der Waals surface area contributed by atoms with E-state index >= 15 is 0 Å². The number of rotatable bonds is 8. The molecule has 0 spiro atoms. The third-order valence-corrected chi connectivity index (χ3v) is 12.7. The van der Waals surface area contributed by atoms with Crippen LogP contribution in [0.5, 0.6) is 11.5 Å². The fourth-order valence-electron chi connectivity index (χ4n) is 6.56. The van der Waals surface area contributed by atoms with Gasteiger partial charge in [0.1, 0.15) is 34.8 Å². The highest BCUT2D eigenvalue weighted by atomic mass is 32.2. The van der Waals surface area contributed by atoms with E-state index in [1.165, 1.54) is 36.4 Å². The van der Waals surface area contributed by atoms with Crippen LogP contribution in [-0.4, -0.2) is 20.7 Å². The van der Waals surface area contributed by atoms with Crippen molar-refractivity contribution in [3.05, 3.63) is 106 Å². The molecule has 0 amide bonds. The maximum Gasteiger partial charge on any atom is 0.134 e. The predicted octanol–water partition coefficient (Wildman–Crippen LogP) is 12.8. The molecule has 0 saturated heterocycles. The highest BCUT2D eigenvalue weighted by Crippen LogP contribution is 2.45. The van der Waals surface area contributed by atoms with Crippen LogP contribution in [0.4, 0.5) is 17.6 Å². The van der Waals surface area contributed by atoms with Gasteiger partial charge in [0.05, 0.1) is 11.1 Å². The summed E-state index contributed by atoms with van der Waals surface area (Å²) in [5, 5.41) is 23.4. The van der Waals surface area contributed by atoms with Gasteiger partial charge in [-0.05, 0) is 71.2 Å². The number of phenolic OH excluding ortho intramolecular Hbond substituents is 2. The van der Waals surface area contributed by atoms with Crippen LogP contribution >= 0.6 is 23.5 Å². The van der Waals surface area contributed by atoms with Crippen molar-refractivity contribution in [1.29, 1.82) is 0 Å². The molecular weight excluding hydrogens is 677 g/mol. The Hall–Kier alpha value is -3.10. The molecule has 2 nitrogen and oxygen atoms in total. The van der Waals surface area contributed by atoms with Crippen molar-refractivity contribution in [2.24, 2.45) is 0 Å². The molecule has 50 heavy (non-hydrogen) atoms. The quantitative estimate of drug-likeness (QED) is 0.178. The molecule has 0 radical (unpaired) electrons. The van der Waals surface area contributed by atoms with Crippen molar-refractivity contribution in [3.63, 3.8) is 0 Å². The molecule has 5 rings (SSSR count). The SMILES string of the molecule is CC(C)(C)c1cc(CSC2CCCCCCC2SCc2cc(C(C)(C)C)cc(-c3c(F)cccc3F)c2O)c(O)c(-c2c(F)cccc2F)c1. The Kier molecular flexibility index (Phi) is 11.9. The summed E-state index contributed by atoms with van der Waals surface area (Å²) < 4.78 is 59.9. The summed E-state index contributed by atoms with van der Waals surface area (Å²) in [5.41, 5.74) is 2.24. The summed E-state index contributed by atoms with van der Waals surface area (Å²) in [6, 6.07) is 14.8. The minimum absolute atomic E-state index is 0.110. The number of aromatic hydroxyl groups is 2. The molecule has 2 unspecified atom stereocenters. The second-order valence-corrected chi connectivity index (χ2v) is 17.9. The van der Waals surface area contributed by atoms with E-state index in [4.69, 9.17) is 0 Å². The fraction of sp³-hybridized carbons (Fsp3) is 0.429. The Morgan fingerprint density at radius 1 is 0.560 bits per heavy atom. The first-order chi connectivity index (χ1) is 23.6. The van der Waals surface area contributed by atoms with E-state index in [0.29, 0.717) is 22.6 Å². The van der Waals surface area contributed by atoms with E-state index in [9.17, 15) is 27.8 Å². The normalized spacial score (nSPS) is 17.4. The molecule has 4 aromatic carbocycles. The minimum atomic E-state index is -0.721. The number of hydrogen-bond donors (Lipinski definition) is 2. The van der Waals surface area contributed by atoms with E-state index in [2.05, 4.69) is 0 Å². The lowest BCUT2D eigenvalue weighted by Crippen LogP contribution is -2.22. The molecule has 0 aromatic heterocycles. The summed E-state index contributed by atoms with van der Waals surface area (Å²) in [7, 11) is 0. The molecule has 1 aliphatic rings. The zero-order chi connectivity index (χ0) is 36.4. The molecule has 8 heteroatoms. The van der Waals surface area contributed by atoms with Crippen molar-refractivity contribution in [3.8, 4) is 33.8 Å². The summed E-state index contributed by atoms with van der Waals surface area (Å²) in [6.45, 7) is 12.2. The first-order valence-corrected chi connectivity index (χ1v) is 19.5. The Morgan fingerprint density at radius 3 is 1.22 bits per heavy atom. The van der Waals surface area contributed by atoms with E-state index in [0.717, 1.165) is 49.7 Å². The van der Waals surface area contributed by atoms with Gasteiger partial charge < -0.3 is 10.2 Å². The van der Waals surface area contributed by atoms with Gasteiger partial charge in [-0.15, -0.1) is 0 Å². The lowest BCUT2D eigenvalue weighted by Gasteiger charge is -2.30. The average Bonchev–Trinajstić information content (AvgIpc) is 3.01. The Morgan fingerprint density at radius 2 is 0.900 bits per heavy atom. The van der Waals surface area contributed by atoms with Crippen LogP contribution in [0.2, 0.25) is 0 Å². The third-order valence-electron chi connectivity index (χ3n) is 9.62. The number of thioether (sulfide) groups is 2. The van der Waals surface area contributed by atoms with Crippen molar-refractivity contribution >= 4 is 23.5 Å². The van der Waals surface area contributed by atoms with Crippen molar-refractivity contribution in [2.45, 2.75) is 113 Å². The monoisotopic (exact) mass is 724 g/mol. The predicted molar refractivity (Wildman–Crippen MR) is 202 cm³/mol. The zero-order valence-electron chi connectivity index (χ0n) is 29.8. The maximum atomic E-state index is 15.0. The Bertz CT molecular complexity index is 1650. The van der Waals surface area contributed by atoms with Crippen LogP contribution in [-0.2, 0) is 22.3 Å². The molecule has 0 bridgehead atoms. The van der Waals surface area contributed by atoms with Crippen LogP contribution < -0.4 is 0 Å². The number of benzene rings is 4. The van der Waals surface area contributed by atoms with Gasteiger partial charge in [-0.25, -0.2) is 17.6 Å². The molecule has 1 aliphatic carbocycles. The van der Waals surface area contributed by atoms with Gasteiger partial charge in [0.15, 0.2) is 0 Å². The van der Waals surface area contributed by atoms with E-state index in [-0.39, 0.29) is 55.1 Å². The zero-order valence-corrected chi connectivity index (χ0v) is 31.4. The summed E-state index contributed by atoms with van der Waals surface area (Å²) in [4.78, 5) is 0. The molecular formula is C42H48F4O2S2. The Balaban J connectivity index is 1.46. The van der Waals surface area contributed by atoms with Gasteiger partial charge >= 0.3 is 0 Å². The van der Waals surface area contributed by atoms with Crippen molar-refractivity contribution in [2.75, 3.05) is 0 Å². The van der Waals surface area contributed by atoms with Gasteiger partial charge in [0, 0.05) is 44.3 Å². The lowest BCUT2D eigenvalue weighted by molar-refractivity contribution is 0.469. The van der Waals surface area contributed by atoms with Gasteiger partial charge in [0.25, 0.3) is 0 Å². The van der Waals surface area contributed by atoms with Gasteiger partial charge in [0.2, 0.25) is 0 Å². The molecule has 1 saturated carbocycles. The first kappa shape index (κ1) is 38.1. The second kappa shape index (κ2) is 15.6. The second-order valence-electron chi connectivity index (χ2n) is 15.4. The molecule has 0 aliphatic heterocycles. The van der Waals surface area contributed by atoms with Crippen molar-refractivity contribution < 1.29 is 27.8 Å². The molecule has 4 aromatic rings. The molecule has 1 fully saturated rings. The average molecular weight is 725 g/mol. The number of halogens is 4. The van der Waals surface area contributed by atoms with E-state index in [1.807, 2.05) is 53.7 Å². The van der Waals surface area contributed by atoms with Crippen LogP contribution in [0, 0.1) is 23.3 Å². The topological polar surface area (TPSA) is 40.5 Å². The fourth-order valence-corrected chi connectivity index (χ4v) is 9.62. The molecule has 268 valence electrons. The largest absolute Gasteiger partial charge is 0.507 e. The molecule has 2 N–H and O–H groups in total. The maximum absolute atomic E-state index is 15.0. The standard InChI is InChI=1S/C42H48F4O2S2/c1-41(2,3)27-19-25(39(47)29(21-27)37-31(43)13-11-14-32(37)44)23-49-35-17-9-7-8-10-18-36(35)50-24-26-20-28(42(4,5)6)22-30(40(26)48)38-33(45)15-12-16-34(38)46/h11-16,19-22,35-36,47-48H,7-10,17-18,23-24H2,1-6H3. The van der Waals surface area contributed by atoms with Crippen LogP contribution in [0.3, 0.4) is 0 Å². The van der Waals surface area contributed by atoms with Gasteiger partial charge in [-0.1, -0.05) is 91.5 Å². The third kappa shape index (κ3) is 8.67. The van der Waals surface area contributed by atoms with Crippen LogP contribution in [0.1, 0.15) is 102 Å². The number of hydrogen-bond acceptors (Lipinski definition) is 4. The number of phenols is 2. The smallest absolute Gasteiger partial charge is 0.134 e. The summed E-state index contributed by atoms with van der Waals surface area (Å²) in [5.74, 6) is -2.18. The van der Waals surface area contributed by atoms with Crippen molar-refractivity contribution in [1.82, 2.24) is 0 Å². The molecule has 2 atom stereocenters. The highest BCUT2D eigenvalue weighted by molar-refractivity contribution is 8.03. The van der Waals surface area contributed by atoms with E-state index < -0.39 is 23.3 Å². The van der Waals surface area contributed by atoms with Crippen LogP contribution in [0.25, 0.3) is 22.3 Å². The summed E-state index contributed by atoms with van der Waals surface area (Å²) in [6.07, 6.45) is 6.35. The lowest BCUT2D eigenvalue weighted by atomic mass is 9.83. The highest BCUT2D eigenvalue weighted by Gasteiger charge is 2.29. The minimum Gasteiger partial charge on any atom is -0.507 e. The van der Waals surface area contributed by atoms with Gasteiger partial charge in [-0.3, -0.25) is 0 Å². The van der Waals surface area contributed by atoms with E-state index in [1.54, 1.807) is 35.7 Å².